The molecule has 1 aromatic rings. The summed E-state index contributed by atoms with van der Waals surface area (Å²) in [5.74, 6) is -2.39. The van der Waals surface area contributed by atoms with Crippen molar-refractivity contribution in [3.05, 3.63) is 35.9 Å². The van der Waals surface area contributed by atoms with Gasteiger partial charge in [0.15, 0.2) is 5.78 Å². The van der Waals surface area contributed by atoms with Crippen molar-refractivity contribution in [2.75, 3.05) is 7.11 Å². The van der Waals surface area contributed by atoms with Crippen LogP contribution in [0.3, 0.4) is 0 Å². The molecule has 0 bridgehead atoms. The molecule has 0 aromatic heterocycles. The first-order valence-electron chi connectivity index (χ1n) is 10.6. The average Bonchev–Trinajstić information content (AvgIpc) is 2.68. The summed E-state index contributed by atoms with van der Waals surface area (Å²) >= 11 is 0. The highest BCUT2D eigenvalue weighted by atomic mass is 16.6. The number of benzene rings is 1. The van der Waals surface area contributed by atoms with Gasteiger partial charge in [0.2, 0.25) is 5.91 Å². The second kappa shape index (κ2) is 12.2. The first-order chi connectivity index (χ1) is 14.4. The average molecular weight is 434 g/mol. The fourth-order valence-electron chi connectivity index (χ4n) is 3.15. The lowest BCUT2D eigenvalue weighted by Gasteiger charge is -2.24. The van der Waals surface area contributed by atoms with Crippen LogP contribution >= 0.6 is 0 Å². The third kappa shape index (κ3) is 10.2. The Bertz CT molecular complexity index is 751. The Morgan fingerprint density at radius 3 is 2.13 bits per heavy atom. The minimum absolute atomic E-state index is 0.0449. The van der Waals surface area contributed by atoms with Crippen molar-refractivity contribution in [3.63, 3.8) is 0 Å². The molecule has 2 atom stereocenters. The van der Waals surface area contributed by atoms with E-state index in [1.54, 1.807) is 20.8 Å². The van der Waals surface area contributed by atoms with Crippen molar-refractivity contribution in [1.29, 1.82) is 0 Å². The van der Waals surface area contributed by atoms with Crippen LogP contribution < -0.4 is 5.32 Å². The molecule has 0 unspecified atom stereocenters. The highest BCUT2D eigenvalue weighted by molar-refractivity contribution is 5.92. The molecule has 7 heteroatoms. The minimum Gasteiger partial charge on any atom is -0.469 e. The van der Waals surface area contributed by atoms with Crippen LogP contribution in [0.15, 0.2) is 30.3 Å². The summed E-state index contributed by atoms with van der Waals surface area (Å²) in [6.07, 6.45) is 0.185. The van der Waals surface area contributed by atoms with Gasteiger partial charge in [0, 0.05) is 12.8 Å². The van der Waals surface area contributed by atoms with E-state index in [4.69, 9.17) is 9.47 Å². The van der Waals surface area contributed by atoms with E-state index < -0.39 is 35.4 Å². The number of rotatable bonds is 11. The van der Waals surface area contributed by atoms with Gasteiger partial charge in [0.1, 0.15) is 5.60 Å². The van der Waals surface area contributed by atoms with Crippen molar-refractivity contribution >= 4 is 23.6 Å². The second-order valence-corrected chi connectivity index (χ2v) is 8.96. The van der Waals surface area contributed by atoms with Gasteiger partial charge in [0.25, 0.3) is 0 Å². The molecule has 172 valence electrons. The summed E-state index contributed by atoms with van der Waals surface area (Å²) in [4.78, 5) is 49.4. The summed E-state index contributed by atoms with van der Waals surface area (Å²) in [5, 5.41) is 2.71. The number of carbonyl (C=O) groups is 4. The number of Topliss-reactive ketones (excluding diaryl/α,β-unsaturated/α-hetero) is 1. The largest absolute Gasteiger partial charge is 0.469 e. The van der Waals surface area contributed by atoms with Crippen LogP contribution in [0, 0.1) is 11.8 Å². The van der Waals surface area contributed by atoms with Crippen molar-refractivity contribution < 1.29 is 28.7 Å². The highest BCUT2D eigenvalue weighted by Crippen LogP contribution is 2.18. The Labute approximate surface area is 184 Å². The van der Waals surface area contributed by atoms with Crippen molar-refractivity contribution in [3.8, 4) is 0 Å². The molecule has 1 amide bonds. The van der Waals surface area contributed by atoms with Gasteiger partial charge < -0.3 is 14.8 Å². The monoisotopic (exact) mass is 433 g/mol. The third-order valence-electron chi connectivity index (χ3n) is 4.61. The first-order valence-corrected chi connectivity index (χ1v) is 10.6. The van der Waals surface area contributed by atoms with Gasteiger partial charge in [-0.3, -0.25) is 19.2 Å². The second-order valence-electron chi connectivity index (χ2n) is 8.96. The first kappa shape index (κ1) is 26.3. The molecule has 0 aliphatic rings. The summed E-state index contributed by atoms with van der Waals surface area (Å²) in [6.45, 7) is 8.91. The minimum atomic E-state index is -0.755. The lowest BCUT2D eigenvalue weighted by molar-refractivity contribution is -0.155. The molecule has 1 aromatic carbocycles. The van der Waals surface area contributed by atoms with E-state index in [-0.39, 0.29) is 31.0 Å². The zero-order chi connectivity index (χ0) is 23.6. The van der Waals surface area contributed by atoms with Gasteiger partial charge in [-0.25, -0.2) is 0 Å². The molecular weight excluding hydrogens is 398 g/mol. The Morgan fingerprint density at radius 1 is 1.00 bits per heavy atom. The topological polar surface area (TPSA) is 98.8 Å². The Balaban J connectivity index is 2.74. The van der Waals surface area contributed by atoms with Crippen LogP contribution in [0.1, 0.15) is 59.4 Å². The molecule has 0 aliphatic carbocycles. The lowest BCUT2D eigenvalue weighted by Crippen LogP contribution is -2.45. The SMILES string of the molecule is COC(=O)[C@@H](CC(=O)[C@H](NC(=O)CCC(=O)OC(C)(C)C)C(C)C)Cc1ccccc1. The molecule has 0 radical (unpaired) electrons. The number of ketones is 1. The van der Waals surface area contributed by atoms with E-state index >= 15 is 0 Å². The number of hydrogen-bond donors (Lipinski definition) is 1. The smallest absolute Gasteiger partial charge is 0.309 e. The van der Waals surface area contributed by atoms with Gasteiger partial charge in [-0.05, 0) is 38.7 Å². The normalized spacial score (nSPS) is 13.3. The highest BCUT2D eigenvalue weighted by Gasteiger charge is 2.30. The zero-order valence-electron chi connectivity index (χ0n) is 19.4. The summed E-state index contributed by atoms with van der Waals surface area (Å²) in [6, 6.07) is 8.63. The molecule has 0 fully saturated rings. The number of hydrogen-bond acceptors (Lipinski definition) is 6. The molecular formula is C24H35NO6. The van der Waals surface area contributed by atoms with Crippen LogP contribution in [0.5, 0.6) is 0 Å². The van der Waals surface area contributed by atoms with Crippen molar-refractivity contribution in [1.82, 2.24) is 5.32 Å². The predicted octanol–water partition coefficient (Wildman–Crippen LogP) is 3.24. The quantitative estimate of drug-likeness (QED) is 0.538. The Hall–Kier alpha value is -2.70. The van der Waals surface area contributed by atoms with Crippen LogP contribution in [0.25, 0.3) is 0 Å². The maximum absolute atomic E-state index is 13.0. The van der Waals surface area contributed by atoms with Gasteiger partial charge in [-0.15, -0.1) is 0 Å². The van der Waals surface area contributed by atoms with Crippen molar-refractivity contribution in [2.45, 2.75) is 71.9 Å². The molecule has 0 saturated carbocycles. The fraction of sp³-hybridized carbons (Fsp3) is 0.583. The molecule has 31 heavy (non-hydrogen) atoms. The number of ether oxygens (including phenoxy) is 2. The molecule has 7 nitrogen and oxygen atoms in total. The summed E-state index contributed by atoms with van der Waals surface area (Å²) in [7, 11) is 1.29. The number of nitrogens with one attached hydrogen (secondary N) is 1. The van der Waals surface area contributed by atoms with E-state index in [9.17, 15) is 19.2 Å². The summed E-state index contributed by atoms with van der Waals surface area (Å²) in [5.41, 5.74) is 0.305. The Kier molecular flexibility index (Phi) is 10.4. The predicted molar refractivity (Wildman–Crippen MR) is 117 cm³/mol. The van der Waals surface area contributed by atoms with Crippen molar-refractivity contribution in [2.24, 2.45) is 11.8 Å². The fourth-order valence-corrected chi connectivity index (χ4v) is 3.15. The molecule has 0 aliphatic heterocycles. The van der Waals surface area contributed by atoms with E-state index in [0.29, 0.717) is 6.42 Å². The number of methoxy groups -OCH3 is 1. The maximum Gasteiger partial charge on any atom is 0.309 e. The lowest BCUT2D eigenvalue weighted by atomic mass is 9.89. The molecule has 0 heterocycles. The third-order valence-corrected chi connectivity index (χ3v) is 4.61. The van der Waals surface area contributed by atoms with E-state index in [1.807, 2.05) is 44.2 Å². The van der Waals surface area contributed by atoms with E-state index in [0.717, 1.165) is 5.56 Å². The van der Waals surface area contributed by atoms with E-state index in [2.05, 4.69) is 5.32 Å². The molecule has 1 N–H and O–H groups in total. The van der Waals surface area contributed by atoms with Crippen LogP contribution in [-0.4, -0.2) is 42.4 Å². The van der Waals surface area contributed by atoms with Crippen LogP contribution in [0.4, 0.5) is 0 Å². The van der Waals surface area contributed by atoms with Gasteiger partial charge >= 0.3 is 11.9 Å². The zero-order valence-corrected chi connectivity index (χ0v) is 19.4. The molecule has 0 spiro atoms. The molecule has 0 saturated heterocycles. The molecule has 1 rings (SSSR count). The van der Waals surface area contributed by atoms with Gasteiger partial charge in [0.05, 0.1) is 25.5 Å². The van der Waals surface area contributed by atoms with Gasteiger partial charge in [-0.2, -0.15) is 0 Å². The Morgan fingerprint density at radius 2 is 1.61 bits per heavy atom. The van der Waals surface area contributed by atoms with Crippen LogP contribution in [-0.2, 0) is 35.1 Å². The van der Waals surface area contributed by atoms with Gasteiger partial charge in [-0.1, -0.05) is 44.2 Å². The standard InChI is InChI=1S/C24H35NO6/c1-16(2)22(25-20(27)12-13-21(28)31-24(3,4)5)19(26)15-18(23(29)30-6)14-17-10-8-7-9-11-17/h7-11,16,18,22H,12-15H2,1-6H3,(H,25,27)/t18-,22-/m1/s1. The number of esters is 2. The maximum atomic E-state index is 13.0. The number of carbonyl (C=O) groups excluding carboxylic acids is 4. The van der Waals surface area contributed by atoms with E-state index in [1.165, 1.54) is 7.11 Å². The number of amides is 1. The summed E-state index contributed by atoms with van der Waals surface area (Å²) < 4.78 is 10.1. The van der Waals surface area contributed by atoms with Crippen LogP contribution in [0.2, 0.25) is 0 Å².